The molecule has 172 valence electrons. The molecule has 3 fully saturated rings. The van der Waals surface area contributed by atoms with E-state index in [0.717, 1.165) is 54.3 Å². The lowest BCUT2D eigenvalue weighted by Crippen LogP contribution is -2.50. The van der Waals surface area contributed by atoms with Crippen LogP contribution in [0.1, 0.15) is 112 Å². The van der Waals surface area contributed by atoms with E-state index in [1.807, 2.05) is 0 Å². The zero-order valence-electron chi connectivity index (χ0n) is 20.9. The first-order chi connectivity index (χ1) is 14.2. The molecule has 0 radical (unpaired) electrons. The Morgan fingerprint density at radius 3 is 2.47 bits per heavy atom. The molecule has 0 unspecified atom stereocenters. The molecule has 4 aliphatic carbocycles. The number of hydrogen-bond acceptors (Lipinski definition) is 1. The molecular formula is C29H50O. The van der Waals surface area contributed by atoms with E-state index < -0.39 is 0 Å². The minimum atomic E-state index is -0.0794. The van der Waals surface area contributed by atoms with E-state index in [4.69, 9.17) is 0 Å². The van der Waals surface area contributed by atoms with Crippen molar-refractivity contribution in [2.75, 3.05) is 0 Å². The Morgan fingerprint density at radius 1 is 1.00 bits per heavy atom. The average Bonchev–Trinajstić information content (AvgIpc) is 3.06. The third kappa shape index (κ3) is 3.74. The molecule has 9 atom stereocenters. The molecule has 0 aromatic heterocycles. The third-order valence-corrected chi connectivity index (χ3v) is 11.3. The van der Waals surface area contributed by atoms with Gasteiger partial charge in [0, 0.05) is 0 Å². The average molecular weight is 415 g/mol. The summed E-state index contributed by atoms with van der Waals surface area (Å²) < 4.78 is 0. The minimum absolute atomic E-state index is 0.0794. The Kier molecular flexibility index (Phi) is 6.53. The van der Waals surface area contributed by atoms with Crippen molar-refractivity contribution in [3.63, 3.8) is 0 Å². The Labute approximate surface area is 187 Å². The molecule has 0 aromatic rings. The van der Waals surface area contributed by atoms with Crippen molar-refractivity contribution in [3.05, 3.63) is 11.6 Å². The zero-order valence-corrected chi connectivity index (χ0v) is 20.9. The fraction of sp³-hybridized carbons (Fsp3) is 0.931. The van der Waals surface area contributed by atoms with Crippen LogP contribution in [0.25, 0.3) is 0 Å². The lowest BCUT2D eigenvalue weighted by Gasteiger charge is -2.58. The van der Waals surface area contributed by atoms with Gasteiger partial charge in [-0.3, -0.25) is 0 Å². The van der Waals surface area contributed by atoms with Crippen LogP contribution in [0, 0.1) is 52.3 Å². The van der Waals surface area contributed by atoms with Gasteiger partial charge in [0.15, 0.2) is 0 Å². The smallest absolute Gasteiger partial charge is 0.0577 e. The second-order valence-corrected chi connectivity index (χ2v) is 12.9. The molecule has 4 rings (SSSR count). The van der Waals surface area contributed by atoms with E-state index in [9.17, 15) is 5.11 Å². The van der Waals surface area contributed by atoms with Crippen LogP contribution in [-0.2, 0) is 0 Å². The van der Waals surface area contributed by atoms with E-state index in [0.29, 0.717) is 10.8 Å². The maximum Gasteiger partial charge on any atom is 0.0577 e. The SMILES string of the molecule is CC[C@@H](CC[C@@H](C)[C@H]1CC[C@H]2[C@H]3CC=C4C[C@@H](O)CC[C@@]4(C)[C@@H]3CC[C@]12C)C(C)C. The van der Waals surface area contributed by atoms with Crippen LogP contribution in [0.2, 0.25) is 0 Å². The fourth-order valence-corrected chi connectivity index (χ4v) is 9.30. The van der Waals surface area contributed by atoms with Crippen LogP contribution in [-0.4, -0.2) is 11.2 Å². The molecule has 0 amide bonds. The van der Waals surface area contributed by atoms with E-state index >= 15 is 0 Å². The van der Waals surface area contributed by atoms with Gasteiger partial charge in [0.1, 0.15) is 0 Å². The van der Waals surface area contributed by atoms with E-state index in [-0.39, 0.29) is 6.10 Å². The highest BCUT2D eigenvalue weighted by Gasteiger charge is 2.59. The summed E-state index contributed by atoms with van der Waals surface area (Å²) in [6, 6.07) is 0. The summed E-state index contributed by atoms with van der Waals surface area (Å²) in [5, 5.41) is 10.2. The largest absolute Gasteiger partial charge is 0.393 e. The molecule has 0 aromatic carbocycles. The molecule has 1 N–H and O–H groups in total. The van der Waals surface area contributed by atoms with E-state index in [1.54, 1.807) is 5.57 Å². The Hall–Kier alpha value is -0.300. The van der Waals surface area contributed by atoms with Crippen molar-refractivity contribution in [1.82, 2.24) is 0 Å². The fourth-order valence-electron chi connectivity index (χ4n) is 9.30. The first-order valence-electron chi connectivity index (χ1n) is 13.6. The Balaban J connectivity index is 1.47. The van der Waals surface area contributed by atoms with Crippen molar-refractivity contribution in [1.29, 1.82) is 0 Å². The maximum absolute atomic E-state index is 10.2. The molecule has 0 bridgehead atoms. The van der Waals surface area contributed by atoms with Crippen molar-refractivity contribution in [3.8, 4) is 0 Å². The van der Waals surface area contributed by atoms with Gasteiger partial charge in [-0.15, -0.1) is 0 Å². The van der Waals surface area contributed by atoms with Gasteiger partial charge >= 0.3 is 0 Å². The topological polar surface area (TPSA) is 20.2 Å². The summed E-state index contributed by atoms with van der Waals surface area (Å²) in [6.45, 7) is 15.1. The molecule has 0 aliphatic heterocycles. The van der Waals surface area contributed by atoms with Crippen molar-refractivity contribution in [2.45, 2.75) is 118 Å². The number of hydrogen-bond donors (Lipinski definition) is 1. The number of rotatable bonds is 6. The van der Waals surface area contributed by atoms with Gasteiger partial charge < -0.3 is 5.11 Å². The van der Waals surface area contributed by atoms with Crippen molar-refractivity contribution in [2.24, 2.45) is 52.3 Å². The molecular weight excluding hydrogens is 364 g/mol. The van der Waals surface area contributed by atoms with E-state index in [2.05, 4.69) is 47.6 Å². The van der Waals surface area contributed by atoms with E-state index in [1.165, 1.54) is 57.8 Å². The second kappa shape index (κ2) is 8.57. The molecule has 3 saturated carbocycles. The second-order valence-electron chi connectivity index (χ2n) is 12.9. The van der Waals surface area contributed by atoms with Crippen LogP contribution < -0.4 is 0 Å². The predicted octanol–water partition coefficient (Wildman–Crippen LogP) is 8.02. The first kappa shape index (κ1) is 22.9. The molecule has 1 heteroatoms. The van der Waals surface area contributed by atoms with Gasteiger partial charge in [-0.1, -0.05) is 66.0 Å². The molecule has 0 saturated heterocycles. The minimum Gasteiger partial charge on any atom is -0.393 e. The number of allylic oxidation sites excluding steroid dienone is 1. The molecule has 1 nitrogen and oxygen atoms in total. The maximum atomic E-state index is 10.2. The number of aliphatic hydroxyl groups is 1. The van der Waals surface area contributed by atoms with Gasteiger partial charge in [0.05, 0.1) is 6.10 Å². The predicted molar refractivity (Wildman–Crippen MR) is 128 cm³/mol. The number of fused-ring (bicyclic) bond motifs is 5. The summed E-state index contributed by atoms with van der Waals surface area (Å²) >= 11 is 0. The van der Waals surface area contributed by atoms with Crippen LogP contribution >= 0.6 is 0 Å². The standard InChI is InChI=1S/C29H50O/c1-7-21(19(2)3)9-8-20(4)25-12-13-26-24-11-10-22-18-23(30)14-16-28(22,5)27(24)15-17-29(25,26)6/h10,19-21,23-27,30H,7-9,11-18H2,1-6H3/t20-,21+,23+,24-,25-,26+,27-,28-,29-/m1/s1. The Bertz CT molecular complexity index is 634. The molecule has 0 spiro atoms. The normalized spacial score (nSPS) is 45.3. The Morgan fingerprint density at radius 2 is 1.77 bits per heavy atom. The van der Waals surface area contributed by atoms with Gasteiger partial charge in [0.25, 0.3) is 0 Å². The zero-order chi connectivity index (χ0) is 21.7. The van der Waals surface area contributed by atoms with Gasteiger partial charge in [0.2, 0.25) is 0 Å². The highest BCUT2D eigenvalue weighted by atomic mass is 16.3. The van der Waals surface area contributed by atoms with Gasteiger partial charge in [-0.05, 0) is 110 Å². The first-order valence-corrected chi connectivity index (χ1v) is 13.6. The van der Waals surface area contributed by atoms with Crippen molar-refractivity contribution >= 4 is 0 Å². The van der Waals surface area contributed by atoms with Crippen LogP contribution in [0.5, 0.6) is 0 Å². The molecule has 4 aliphatic rings. The molecule has 30 heavy (non-hydrogen) atoms. The summed E-state index contributed by atoms with van der Waals surface area (Å²) in [7, 11) is 0. The summed E-state index contributed by atoms with van der Waals surface area (Å²) in [5.74, 6) is 6.31. The summed E-state index contributed by atoms with van der Waals surface area (Å²) in [5.41, 5.74) is 2.59. The lowest BCUT2D eigenvalue weighted by atomic mass is 9.47. The van der Waals surface area contributed by atoms with Gasteiger partial charge in [-0.2, -0.15) is 0 Å². The summed E-state index contributed by atoms with van der Waals surface area (Å²) in [4.78, 5) is 0. The van der Waals surface area contributed by atoms with Crippen LogP contribution in [0.15, 0.2) is 11.6 Å². The summed E-state index contributed by atoms with van der Waals surface area (Å²) in [6.07, 6.45) is 17.1. The monoisotopic (exact) mass is 414 g/mol. The number of aliphatic hydroxyl groups excluding tert-OH is 1. The van der Waals surface area contributed by atoms with Crippen LogP contribution in [0.3, 0.4) is 0 Å². The van der Waals surface area contributed by atoms with Gasteiger partial charge in [-0.25, -0.2) is 0 Å². The highest BCUT2D eigenvalue weighted by Crippen LogP contribution is 2.67. The lowest BCUT2D eigenvalue weighted by molar-refractivity contribution is -0.0575. The molecule has 0 heterocycles. The van der Waals surface area contributed by atoms with Crippen LogP contribution in [0.4, 0.5) is 0 Å². The quantitative estimate of drug-likeness (QED) is 0.436. The van der Waals surface area contributed by atoms with Crippen molar-refractivity contribution < 1.29 is 5.11 Å². The third-order valence-electron chi connectivity index (χ3n) is 11.3. The highest BCUT2D eigenvalue weighted by molar-refractivity contribution is 5.25.